The highest BCUT2D eigenvalue weighted by Gasteiger charge is 2.31. The molecule has 0 bridgehead atoms. The van der Waals surface area contributed by atoms with Crippen LogP contribution in [0.5, 0.6) is 0 Å². The Hall–Kier alpha value is -4.25. The molecule has 0 fully saturated rings. The van der Waals surface area contributed by atoms with Crippen LogP contribution in [0.3, 0.4) is 0 Å². The maximum absolute atomic E-state index is 13.6. The summed E-state index contributed by atoms with van der Waals surface area (Å²) in [6.45, 7) is 0.175. The predicted octanol–water partition coefficient (Wildman–Crippen LogP) is 5.43. The first kappa shape index (κ1) is 27.9. The fourth-order valence-corrected chi connectivity index (χ4v) is 7.31. The standard InChI is InChI=1S/C31H25ClFN3O5S/c1-35-26-7-3-2-5-22(26)28-23(6-4-8-27(28)35)30(37)34-29(31(38)39)19-10-9-18-13-14-36(17-20(18)15-19)42(40,41)21-11-12-25(33)24(32)16-21/h2-12,15-16,29H,13-14,17H2,1H3,(H,34,37)(H,38,39). The van der Waals surface area contributed by atoms with Gasteiger partial charge in [0.2, 0.25) is 10.0 Å². The number of para-hydroxylation sites is 1. The number of aromatic nitrogens is 1. The van der Waals surface area contributed by atoms with Crippen molar-refractivity contribution in [2.75, 3.05) is 6.54 Å². The Labute approximate surface area is 246 Å². The van der Waals surface area contributed by atoms with Crippen molar-refractivity contribution >= 4 is 55.3 Å². The number of carbonyl (C=O) groups excluding carboxylic acids is 1. The average Bonchev–Trinajstić information content (AvgIpc) is 3.28. The summed E-state index contributed by atoms with van der Waals surface area (Å²) in [6.07, 6.45) is 0.400. The lowest BCUT2D eigenvalue weighted by atomic mass is 9.95. The van der Waals surface area contributed by atoms with Gasteiger partial charge in [-0.05, 0) is 59.5 Å². The van der Waals surface area contributed by atoms with Gasteiger partial charge in [0.05, 0.1) is 9.92 Å². The largest absolute Gasteiger partial charge is 0.479 e. The summed E-state index contributed by atoms with van der Waals surface area (Å²) in [7, 11) is -2.08. The molecule has 1 amide bonds. The van der Waals surface area contributed by atoms with Gasteiger partial charge in [-0.3, -0.25) is 4.79 Å². The zero-order valence-corrected chi connectivity index (χ0v) is 23.9. The third-order valence-electron chi connectivity index (χ3n) is 7.78. The lowest BCUT2D eigenvalue weighted by Crippen LogP contribution is -2.37. The maximum Gasteiger partial charge on any atom is 0.330 e. The van der Waals surface area contributed by atoms with Crippen molar-refractivity contribution in [2.45, 2.75) is 23.9 Å². The van der Waals surface area contributed by atoms with E-state index in [0.29, 0.717) is 23.1 Å². The first-order valence-corrected chi connectivity index (χ1v) is 14.9. The number of nitrogens with zero attached hydrogens (tertiary/aromatic N) is 2. The highest BCUT2D eigenvalue weighted by atomic mass is 35.5. The van der Waals surface area contributed by atoms with Crippen molar-refractivity contribution in [3.8, 4) is 0 Å². The number of carboxylic acid groups (broad SMARTS) is 1. The van der Waals surface area contributed by atoms with E-state index in [1.165, 1.54) is 4.31 Å². The van der Waals surface area contributed by atoms with Crippen molar-refractivity contribution in [1.82, 2.24) is 14.2 Å². The monoisotopic (exact) mass is 605 g/mol. The minimum atomic E-state index is -3.99. The average molecular weight is 606 g/mol. The minimum Gasteiger partial charge on any atom is -0.479 e. The number of sulfonamides is 1. The normalized spacial score (nSPS) is 14.5. The molecule has 1 aromatic heterocycles. The van der Waals surface area contributed by atoms with Crippen LogP contribution in [-0.4, -0.2) is 40.8 Å². The van der Waals surface area contributed by atoms with E-state index in [9.17, 15) is 27.5 Å². The molecule has 1 unspecified atom stereocenters. The van der Waals surface area contributed by atoms with Crippen LogP contribution in [0.15, 0.2) is 83.8 Å². The molecule has 1 aliphatic heterocycles. The molecule has 2 N–H and O–H groups in total. The molecule has 4 aromatic carbocycles. The Balaban J connectivity index is 1.31. The smallest absolute Gasteiger partial charge is 0.330 e. The van der Waals surface area contributed by atoms with Gasteiger partial charge in [-0.25, -0.2) is 17.6 Å². The lowest BCUT2D eigenvalue weighted by Gasteiger charge is -2.29. The summed E-state index contributed by atoms with van der Waals surface area (Å²) < 4.78 is 43.4. The third kappa shape index (κ3) is 4.71. The number of hydrogen-bond acceptors (Lipinski definition) is 4. The van der Waals surface area contributed by atoms with Crippen molar-refractivity contribution in [3.63, 3.8) is 0 Å². The van der Waals surface area contributed by atoms with Crippen LogP contribution in [0.25, 0.3) is 21.8 Å². The van der Waals surface area contributed by atoms with Crippen molar-refractivity contribution in [1.29, 1.82) is 0 Å². The number of benzene rings is 4. The van der Waals surface area contributed by atoms with Crippen LogP contribution < -0.4 is 5.32 Å². The fourth-order valence-electron chi connectivity index (χ4n) is 5.62. The topological polar surface area (TPSA) is 109 Å². The van der Waals surface area contributed by atoms with Gasteiger partial charge in [0, 0.05) is 47.5 Å². The van der Waals surface area contributed by atoms with Crippen molar-refractivity contribution in [2.24, 2.45) is 7.05 Å². The molecular formula is C31H25ClFN3O5S. The second-order valence-corrected chi connectivity index (χ2v) is 12.6. The van der Waals surface area contributed by atoms with Gasteiger partial charge in [0.25, 0.3) is 5.91 Å². The van der Waals surface area contributed by atoms with Gasteiger partial charge < -0.3 is 15.0 Å². The minimum absolute atomic E-state index is 0.0178. The van der Waals surface area contributed by atoms with E-state index in [4.69, 9.17) is 11.6 Å². The van der Waals surface area contributed by atoms with Gasteiger partial charge in [-0.2, -0.15) is 4.31 Å². The van der Waals surface area contributed by atoms with Gasteiger partial charge in [-0.15, -0.1) is 0 Å². The van der Waals surface area contributed by atoms with Crippen LogP contribution in [0.1, 0.15) is 33.1 Å². The highest BCUT2D eigenvalue weighted by Crippen LogP contribution is 2.32. The number of nitrogens with one attached hydrogen (secondary N) is 1. The molecular weight excluding hydrogens is 581 g/mol. The summed E-state index contributed by atoms with van der Waals surface area (Å²) in [5.41, 5.74) is 3.94. The number of carboxylic acids is 1. The maximum atomic E-state index is 13.6. The Morgan fingerprint density at radius 2 is 1.74 bits per heavy atom. The summed E-state index contributed by atoms with van der Waals surface area (Å²) in [6, 6.07) is 19.9. The second-order valence-electron chi connectivity index (χ2n) is 10.2. The molecule has 0 spiro atoms. The molecule has 0 aliphatic carbocycles. The molecule has 214 valence electrons. The molecule has 2 heterocycles. The quantitative estimate of drug-likeness (QED) is 0.268. The van der Waals surface area contributed by atoms with E-state index in [-0.39, 0.29) is 23.0 Å². The molecule has 1 aliphatic rings. The van der Waals surface area contributed by atoms with E-state index in [1.54, 1.807) is 30.3 Å². The number of rotatable bonds is 6. The number of carbonyl (C=O) groups is 2. The van der Waals surface area contributed by atoms with Crippen molar-refractivity contribution in [3.05, 3.63) is 112 Å². The number of fused-ring (bicyclic) bond motifs is 4. The molecule has 42 heavy (non-hydrogen) atoms. The molecule has 8 nitrogen and oxygen atoms in total. The van der Waals surface area contributed by atoms with Crippen LogP contribution in [-0.2, 0) is 34.8 Å². The molecule has 0 saturated carbocycles. The summed E-state index contributed by atoms with van der Waals surface area (Å²) in [5, 5.41) is 14.1. The van der Waals surface area contributed by atoms with E-state index in [2.05, 4.69) is 5.32 Å². The van der Waals surface area contributed by atoms with Gasteiger partial charge in [0.15, 0.2) is 6.04 Å². The van der Waals surface area contributed by atoms with Crippen LogP contribution in [0, 0.1) is 5.82 Å². The summed E-state index contributed by atoms with van der Waals surface area (Å²) >= 11 is 5.82. The number of amides is 1. The molecule has 0 radical (unpaired) electrons. The van der Waals surface area contributed by atoms with E-state index >= 15 is 0 Å². The van der Waals surface area contributed by atoms with Crippen LogP contribution in [0.2, 0.25) is 5.02 Å². The fraction of sp³-hybridized carbons (Fsp3) is 0.161. The van der Waals surface area contributed by atoms with Crippen LogP contribution >= 0.6 is 11.6 Å². The third-order valence-corrected chi connectivity index (χ3v) is 9.91. The Kier molecular flexibility index (Phi) is 7.00. The molecule has 0 saturated heterocycles. The Bertz CT molecular complexity index is 2020. The lowest BCUT2D eigenvalue weighted by molar-refractivity contribution is -0.139. The number of aliphatic carboxylic acids is 1. The Morgan fingerprint density at radius 3 is 2.50 bits per heavy atom. The number of hydrogen-bond donors (Lipinski definition) is 2. The zero-order chi connectivity index (χ0) is 29.8. The van der Waals surface area contributed by atoms with Crippen LogP contribution in [0.4, 0.5) is 4.39 Å². The Morgan fingerprint density at radius 1 is 0.976 bits per heavy atom. The van der Waals surface area contributed by atoms with Crippen molar-refractivity contribution < 1.29 is 27.5 Å². The SMILES string of the molecule is Cn1c2ccccc2c2c(C(=O)NC(C(=O)O)c3ccc4c(c3)CN(S(=O)(=O)c3ccc(F)c(Cl)c3)CC4)cccc21. The summed E-state index contributed by atoms with van der Waals surface area (Å²) in [4.78, 5) is 25.9. The van der Waals surface area contributed by atoms with Gasteiger partial charge in [0.1, 0.15) is 5.82 Å². The highest BCUT2D eigenvalue weighted by molar-refractivity contribution is 7.89. The van der Waals surface area contributed by atoms with E-state index in [1.807, 2.05) is 41.9 Å². The first-order valence-electron chi connectivity index (χ1n) is 13.1. The van der Waals surface area contributed by atoms with E-state index < -0.39 is 33.8 Å². The number of aryl methyl sites for hydroxylation is 1. The summed E-state index contributed by atoms with van der Waals surface area (Å²) in [5.74, 6) is -2.52. The number of halogens is 2. The zero-order valence-electron chi connectivity index (χ0n) is 22.3. The van der Waals surface area contributed by atoms with E-state index in [0.717, 1.165) is 45.6 Å². The molecule has 11 heteroatoms. The molecule has 6 rings (SSSR count). The predicted molar refractivity (Wildman–Crippen MR) is 157 cm³/mol. The van der Waals surface area contributed by atoms with Gasteiger partial charge in [-0.1, -0.05) is 54.1 Å². The first-order chi connectivity index (χ1) is 20.1. The second kappa shape index (κ2) is 10.5. The van der Waals surface area contributed by atoms with Gasteiger partial charge >= 0.3 is 5.97 Å². The molecule has 5 aromatic rings. The molecule has 1 atom stereocenters.